The van der Waals surface area contributed by atoms with Crippen molar-refractivity contribution in [3.8, 4) is 17.2 Å². The van der Waals surface area contributed by atoms with E-state index in [0.717, 1.165) is 0 Å². The minimum absolute atomic E-state index is 0.00446. The molecular weight excluding hydrogens is 332 g/mol. The van der Waals surface area contributed by atoms with Crippen LogP contribution in [0.1, 0.15) is 31.9 Å². The Morgan fingerprint density at radius 1 is 1.19 bits per heavy atom. The third-order valence-electron chi connectivity index (χ3n) is 3.70. The lowest BCUT2D eigenvalue weighted by Crippen LogP contribution is -2.24. The van der Waals surface area contributed by atoms with Crippen molar-refractivity contribution in [3.05, 3.63) is 53.6 Å². The van der Waals surface area contributed by atoms with Gasteiger partial charge in [0.2, 0.25) is 0 Å². The zero-order valence-corrected chi connectivity index (χ0v) is 15.4. The standard InChI is InChI=1S/C20H24N2O4/c1-20(2,3)15-6-8-16(9-7-15)26-13-19(24)22-21-12-14-5-10-18(25-4)17(23)11-14/h5-12,23H,13H2,1-4H3,(H,22,24)/b21-12-. The minimum Gasteiger partial charge on any atom is -0.504 e. The predicted molar refractivity (Wildman–Crippen MR) is 101 cm³/mol. The molecule has 138 valence electrons. The zero-order chi connectivity index (χ0) is 19.2. The molecule has 0 atom stereocenters. The highest BCUT2D eigenvalue weighted by atomic mass is 16.5. The van der Waals surface area contributed by atoms with Crippen LogP contribution in [0.25, 0.3) is 0 Å². The minimum atomic E-state index is -0.376. The topological polar surface area (TPSA) is 80.2 Å². The molecule has 0 aliphatic rings. The van der Waals surface area contributed by atoms with Gasteiger partial charge in [-0.15, -0.1) is 0 Å². The van der Waals surface area contributed by atoms with Gasteiger partial charge in [0.15, 0.2) is 18.1 Å². The van der Waals surface area contributed by atoms with E-state index in [1.807, 2.05) is 24.3 Å². The number of hydrazone groups is 1. The Morgan fingerprint density at radius 2 is 1.88 bits per heavy atom. The summed E-state index contributed by atoms with van der Waals surface area (Å²) in [7, 11) is 1.47. The van der Waals surface area contributed by atoms with Crippen LogP contribution >= 0.6 is 0 Å². The summed E-state index contributed by atoms with van der Waals surface area (Å²) in [6.07, 6.45) is 1.43. The van der Waals surface area contributed by atoms with Gasteiger partial charge in [-0.2, -0.15) is 5.10 Å². The molecule has 0 heterocycles. The number of phenols is 1. The summed E-state index contributed by atoms with van der Waals surface area (Å²) in [6.45, 7) is 6.27. The van der Waals surface area contributed by atoms with Crippen LogP contribution in [0, 0.1) is 0 Å². The van der Waals surface area contributed by atoms with E-state index < -0.39 is 0 Å². The molecule has 6 heteroatoms. The van der Waals surface area contributed by atoms with E-state index in [-0.39, 0.29) is 23.7 Å². The number of ether oxygens (including phenoxy) is 2. The Kier molecular flexibility index (Phi) is 6.22. The normalized spacial score (nSPS) is 11.4. The Hall–Kier alpha value is -3.02. The number of amides is 1. The summed E-state index contributed by atoms with van der Waals surface area (Å²) < 4.78 is 10.4. The summed E-state index contributed by atoms with van der Waals surface area (Å²) in [6, 6.07) is 12.5. The van der Waals surface area contributed by atoms with Crippen LogP contribution in [0.2, 0.25) is 0 Å². The molecule has 0 saturated heterocycles. The molecular formula is C20H24N2O4. The average Bonchev–Trinajstić information content (AvgIpc) is 2.60. The van der Waals surface area contributed by atoms with Gasteiger partial charge in [0.1, 0.15) is 5.75 Å². The van der Waals surface area contributed by atoms with Gasteiger partial charge in [-0.05, 0) is 46.9 Å². The molecule has 0 fully saturated rings. The Bertz CT molecular complexity index is 777. The maximum Gasteiger partial charge on any atom is 0.277 e. The lowest BCUT2D eigenvalue weighted by molar-refractivity contribution is -0.123. The molecule has 0 aromatic heterocycles. The number of nitrogens with zero attached hydrogens (tertiary/aromatic N) is 1. The van der Waals surface area contributed by atoms with E-state index in [4.69, 9.17) is 9.47 Å². The van der Waals surface area contributed by atoms with Crippen LogP contribution in [0.3, 0.4) is 0 Å². The molecule has 6 nitrogen and oxygen atoms in total. The van der Waals surface area contributed by atoms with Gasteiger partial charge in [-0.3, -0.25) is 4.79 Å². The Labute approximate surface area is 153 Å². The van der Waals surface area contributed by atoms with Gasteiger partial charge < -0.3 is 14.6 Å². The Morgan fingerprint density at radius 3 is 2.46 bits per heavy atom. The summed E-state index contributed by atoms with van der Waals surface area (Å²) in [5.74, 6) is 0.623. The van der Waals surface area contributed by atoms with Gasteiger partial charge in [-0.1, -0.05) is 32.9 Å². The van der Waals surface area contributed by atoms with E-state index in [0.29, 0.717) is 17.1 Å². The number of aromatic hydroxyl groups is 1. The van der Waals surface area contributed by atoms with Crippen molar-refractivity contribution in [3.63, 3.8) is 0 Å². The van der Waals surface area contributed by atoms with Crippen LogP contribution in [0.5, 0.6) is 17.2 Å². The molecule has 0 unspecified atom stereocenters. The largest absolute Gasteiger partial charge is 0.504 e. The lowest BCUT2D eigenvalue weighted by atomic mass is 9.87. The monoisotopic (exact) mass is 356 g/mol. The van der Waals surface area contributed by atoms with Crippen molar-refractivity contribution in [1.82, 2.24) is 5.43 Å². The van der Waals surface area contributed by atoms with Crippen molar-refractivity contribution in [2.75, 3.05) is 13.7 Å². The smallest absolute Gasteiger partial charge is 0.277 e. The van der Waals surface area contributed by atoms with E-state index in [1.54, 1.807) is 12.1 Å². The first-order valence-electron chi connectivity index (χ1n) is 8.22. The van der Waals surface area contributed by atoms with Crippen molar-refractivity contribution >= 4 is 12.1 Å². The molecule has 0 aliphatic carbocycles. The van der Waals surface area contributed by atoms with Crippen LogP contribution in [0.15, 0.2) is 47.6 Å². The molecule has 0 spiro atoms. The number of methoxy groups -OCH3 is 1. The fraction of sp³-hybridized carbons (Fsp3) is 0.300. The van der Waals surface area contributed by atoms with Crippen molar-refractivity contribution in [2.24, 2.45) is 5.10 Å². The summed E-state index contributed by atoms with van der Waals surface area (Å²) >= 11 is 0. The molecule has 2 aromatic rings. The van der Waals surface area contributed by atoms with Gasteiger partial charge in [-0.25, -0.2) is 5.43 Å². The maximum atomic E-state index is 11.8. The molecule has 26 heavy (non-hydrogen) atoms. The highest BCUT2D eigenvalue weighted by molar-refractivity contribution is 5.83. The first-order chi connectivity index (χ1) is 12.3. The average molecular weight is 356 g/mol. The molecule has 2 aromatic carbocycles. The highest BCUT2D eigenvalue weighted by Gasteiger charge is 2.13. The molecule has 0 bridgehead atoms. The number of carbonyl (C=O) groups is 1. The second-order valence-corrected chi connectivity index (χ2v) is 6.79. The number of hydrogen-bond donors (Lipinski definition) is 2. The van der Waals surface area contributed by atoms with E-state index in [1.165, 1.54) is 25.0 Å². The Balaban J connectivity index is 1.82. The third kappa shape index (κ3) is 5.51. The molecule has 2 rings (SSSR count). The third-order valence-corrected chi connectivity index (χ3v) is 3.70. The number of carbonyl (C=O) groups excluding carboxylic acids is 1. The number of hydrogen-bond acceptors (Lipinski definition) is 5. The SMILES string of the molecule is COc1ccc(/C=N\NC(=O)COc2ccc(C(C)(C)C)cc2)cc1O. The number of phenolic OH excluding ortho intramolecular Hbond substituents is 1. The second-order valence-electron chi connectivity index (χ2n) is 6.79. The van der Waals surface area contributed by atoms with E-state index in [2.05, 4.69) is 31.3 Å². The van der Waals surface area contributed by atoms with Crippen molar-refractivity contribution in [1.29, 1.82) is 0 Å². The first-order valence-corrected chi connectivity index (χ1v) is 8.22. The lowest BCUT2D eigenvalue weighted by Gasteiger charge is -2.19. The number of rotatable bonds is 6. The molecule has 0 saturated carbocycles. The molecule has 2 N–H and O–H groups in total. The fourth-order valence-corrected chi connectivity index (χ4v) is 2.20. The molecule has 0 aliphatic heterocycles. The summed E-state index contributed by atoms with van der Waals surface area (Å²) in [5, 5.41) is 13.5. The van der Waals surface area contributed by atoms with Gasteiger partial charge in [0.25, 0.3) is 5.91 Å². The van der Waals surface area contributed by atoms with Gasteiger partial charge >= 0.3 is 0 Å². The van der Waals surface area contributed by atoms with Crippen LogP contribution in [0.4, 0.5) is 0 Å². The maximum absolute atomic E-state index is 11.8. The second kappa shape index (κ2) is 8.38. The van der Waals surface area contributed by atoms with E-state index >= 15 is 0 Å². The quantitative estimate of drug-likeness (QED) is 0.615. The molecule has 1 amide bonds. The summed E-state index contributed by atoms with van der Waals surface area (Å²) in [5.41, 5.74) is 4.27. The first kappa shape index (κ1) is 19.3. The van der Waals surface area contributed by atoms with E-state index in [9.17, 15) is 9.90 Å². The van der Waals surface area contributed by atoms with Gasteiger partial charge in [0.05, 0.1) is 13.3 Å². The van der Waals surface area contributed by atoms with Gasteiger partial charge in [0, 0.05) is 0 Å². The molecule has 0 radical (unpaired) electrons. The van der Waals surface area contributed by atoms with Crippen molar-refractivity contribution < 1.29 is 19.4 Å². The zero-order valence-electron chi connectivity index (χ0n) is 15.4. The number of benzene rings is 2. The summed E-state index contributed by atoms with van der Waals surface area (Å²) in [4.78, 5) is 11.8. The fourth-order valence-electron chi connectivity index (χ4n) is 2.20. The predicted octanol–water partition coefficient (Wildman–Crippen LogP) is 3.23. The van der Waals surface area contributed by atoms with Crippen LogP contribution in [-0.2, 0) is 10.2 Å². The number of nitrogens with one attached hydrogen (secondary N) is 1. The highest BCUT2D eigenvalue weighted by Crippen LogP contribution is 2.25. The van der Waals surface area contributed by atoms with Crippen LogP contribution < -0.4 is 14.9 Å². The van der Waals surface area contributed by atoms with Crippen LogP contribution in [-0.4, -0.2) is 30.9 Å². The van der Waals surface area contributed by atoms with Crippen molar-refractivity contribution in [2.45, 2.75) is 26.2 Å².